The first-order valence-corrected chi connectivity index (χ1v) is 7.91. The second kappa shape index (κ2) is 7.01. The van der Waals surface area contributed by atoms with E-state index in [-0.39, 0.29) is 13.1 Å². The van der Waals surface area contributed by atoms with Gasteiger partial charge >= 0.3 is 12.1 Å². The van der Waals surface area contributed by atoms with E-state index in [9.17, 15) is 22.8 Å². The van der Waals surface area contributed by atoms with Crippen molar-refractivity contribution in [2.75, 3.05) is 18.4 Å². The molecule has 1 heterocycles. The fourth-order valence-electron chi connectivity index (χ4n) is 2.85. The van der Waals surface area contributed by atoms with Crippen LogP contribution < -0.4 is 5.32 Å². The lowest BCUT2D eigenvalue weighted by Gasteiger charge is -2.32. The highest BCUT2D eigenvalue weighted by molar-refractivity contribution is 6.34. The number of alkyl halides is 3. The summed E-state index contributed by atoms with van der Waals surface area (Å²) in [6, 6.07) is 3.55. The van der Waals surface area contributed by atoms with Gasteiger partial charge in [-0.3, -0.25) is 9.59 Å². The highest BCUT2D eigenvalue weighted by Crippen LogP contribution is 2.29. The van der Waals surface area contributed by atoms with Crippen molar-refractivity contribution in [1.29, 1.82) is 0 Å². The van der Waals surface area contributed by atoms with Gasteiger partial charge in [0.05, 0.1) is 16.6 Å². The molecule has 2 amide bonds. The highest BCUT2D eigenvalue weighted by Gasteiger charge is 2.44. The molecule has 0 spiro atoms. The van der Waals surface area contributed by atoms with E-state index >= 15 is 0 Å². The van der Waals surface area contributed by atoms with Crippen LogP contribution in [0.5, 0.6) is 0 Å². The number of likely N-dealkylation sites (tertiary alicyclic amines) is 1. The number of carbonyl (C=O) groups excluding carboxylic acids is 2. The summed E-state index contributed by atoms with van der Waals surface area (Å²) in [6.45, 7) is 3.42. The van der Waals surface area contributed by atoms with Crippen molar-refractivity contribution in [3.63, 3.8) is 0 Å². The molecule has 1 aliphatic rings. The van der Waals surface area contributed by atoms with Crippen molar-refractivity contribution in [3.8, 4) is 0 Å². The Morgan fingerprint density at radius 1 is 1.29 bits per heavy atom. The van der Waals surface area contributed by atoms with Crippen molar-refractivity contribution in [2.45, 2.75) is 32.9 Å². The Balaban J connectivity index is 2.09. The number of halogens is 4. The Bertz CT molecular complexity index is 638. The first-order valence-electron chi connectivity index (χ1n) is 7.53. The summed E-state index contributed by atoms with van der Waals surface area (Å²) in [7, 11) is 0. The summed E-state index contributed by atoms with van der Waals surface area (Å²) in [5, 5.41) is 3.06. The van der Waals surface area contributed by atoms with Gasteiger partial charge in [0.25, 0.3) is 0 Å². The number of amides is 2. The molecule has 2 rings (SSSR count). The number of nitrogens with zero attached hydrogens (tertiary/aromatic N) is 1. The first kappa shape index (κ1) is 18.6. The normalized spacial score (nSPS) is 18.4. The minimum Gasteiger partial charge on any atom is -0.334 e. The number of anilines is 1. The summed E-state index contributed by atoms with van der Waals surface area (Å²) in [5.41, 5.74) is 2.16. The summed E-state index contributed by atoms with van der Waals surface area (Å²) in [6.07, 6.45) is -4.15. The number of rotatable bonds is 2. The Labute approximate surface area is 143 Å². The molecule has 1 unspecified atom stereocenters. The number of aryl methyl sites for hydroxylation is 2. The molecule has 132 valence electrons. The molecule has 0 saturated carbocycles. The van der Waals surface area contributed by atoms with Crippen molar-refractivity contribution in [3.05, 3.63) is 28.3 Å². The van der Waals surface area contributed by atoms with Crippen molar-refractivity contribution in [2.24, 2.45) is 5.92 Å². The van der Waals surface area contributed by atoms with Crippen LogP contribution in [0.4, 0.5) is 18.9 Å². The van der Waals surface area contributed by atoms with Crippen molar-refractivity contribution in [1.82, 2.24) is 4.90 Å². The molecule has 1 fully saturated rings. The predicted molar refractivity (Wildman–Crippen MR) is 84.9 cm³/mol. The number of hydrogen-bond donors (Lipinski definition) is 1. The number of carbonyl (C=O) groups is 2. The van der Waals surface area contributed by atoms with E-state index in [2.05, 4.69) is 5.32 Å². The zero-order valence-electron chi connectivity index (χ0n) is 13.3. The van der Waals surface area contributed by atoms with Crippen LogP contribution in [0.25, 0.3) is 0 Å². The second-order valence-electron chi connectivity index (χ2n) is 6.02. The molecule has 8 heteroatoms. The van der Waals surface area contributed by atoms with Crippen molar-refractivity contribution < 1.29 is 22.8 Å². The lowest BCUT2D eigenvalue weighted by molar-refractivity contribution is -0.187. The maximum atomic E-state index is 12.5. The van der Waals surface area contributed by atoms with Gasteiger partial charge in [-0.05, 0) is 43.9 Å². The summed E-state index contributed by atoms with van der Waals surface area (Å²) >= 11 is 6.13. The molecule has 4 nitrogen and oxygen atoms in total. The summed E-state index contributed by atoms with van der Waals surface area (Å²) < 4.78 is 37.6. The molecule has 0 radical (unpaired) electrons. The molecule has 0 aromatic heterocycles. The third kappa shape index (κ3) is 4.20. The molecule has 1 aromatic rings. The van der Waals surface area contributed by atoms with Crippen LogP contribution in [-0.2, 0) is 9.59 Å². The molecule has 24 heavy (non-hydrogen) atoms. The van der Waals surface area contributed by atoms with Gasteiger partial charge in [0.2, 0.25) is 5.91 Å². The Morgan fingerprint density at radius 2 is 1.96 bits per heavy atom. The Kier molecular flexibility index (Phi) is 5.42. The quantitative estimate of drug-likeness (QED) is 0.872. The zero-order chi connectivity index (χ0) is 18.1. The molecule has 1 atom stereocenters. The standard InChI is InChI=1S/C16H18ClF3N2O2/c1-9-6-10(2)13(12(17)7-9)21-14(23)11-4-3-5-22(8-11)15(24)16(18,19)20/h6-7,11H,3-5,8H2,1-2H3,(H,21,23). The van der Waals surface area contributed by atoms with E-state index in [1.54, 1.807) is 13.0 Å². The van der Waals surface area contributed by atoms with Gasteiger partial charge in [0.1, 0.15) is 0 Å². The average molecular weight is 363 g/mol. The first-order chi connectivity index (χ1) is 11.1. The van der Waals surface area contributed by atoms with Crippen LogP contribution >= 0.6 is 11.6 Å². The molecule has 1 aromatic carbocycles. The molecule has 0 bridgehead atoms. The molecule has 0 aliphatic carbocycles. The molecule has 1 aliphatic heterocycles. The SMILES string of the molecule is Cc1cc(C)c(NC(=O)C2CCCN(C(=O)C(F)(F)F)C2)c(Cl)c1. The maximum absolute atomic E-state index is 12.5. The van der Waals surface area contributed by atoms with Crippen molar-refractivity contribution >= 4 is 29.1 Å². The fourth-order valence-corrected chi connectivity index (χ4v) is 3.22. The smallest absolute Gasteiger partial charge is 0.334 e. The van der Waals surface area contributed by atoms with E-state index in [0.717, 1.165) is 11.1 Å². The van der Waals surface area contributed by atoms with E-state index in [1.165, 1.54) is 0 Å². The van der Waals surface area contributed by atoms with Crippen LogP contribution in [0, 0.1) is 19.8 Å². The minimum atomic E-state index is -4.92. The number of nitrogens with one attached hydrogen (secondary N) is 1. The van der Waals surface area contributed by atoms with E-state index in [4.69, 9.17) is 11.6 Å². The van der Waals surface area contributed by atoms with Gasteiger partial charge in [-0.2, -0.15) is 13.2 Å². The number of piperidine rings is 1. The van der Waals surface area contributed by atoms with Gasteiger partial charge in [-0.25, -0.2) is 0 Å². The summed E-state index contributed by atoms with van der Waals surface area (Å²) in [5.74, 6) is -3.02. The largest absolute Gasteiger partial charge is 0.471 e. The van der Waals surface area contributed by atoms with Gasteiger partial charge < -0.3 is 10.2 Å². The van der Waals surface area contributed by atoms with Crippen LogP contribution in [0.2, 0.25) is 5.02 Å². The molecular formula is C16H18ClF3N2O2. The van der Waals surface area contributed by atoms with Gasteiger partial charge in [0, 0.05) is 13.1 Å². The van der Waals surface area contributed by atoms with Crippen LogP contribution in [0.3, 0.4) is 0 Å². The predicted octanol–water partition coefficient (Wildman–Crippen LogP) is 3.70. The molecule has 1 N–H and O–H groups in total. The van der Waals surface area contributed by atoms with E-state index in [1.807, 2.05) is 13.0 Å². The third-order valence-corrected chi connectivity index (χ3v) is 4.30. The summed E-state index contributed by atoms with van der Waals surface area (Å²) in [4.78, 5) is 24.4. The lowest BCUT2D eigenvalue weighted by atomic mass is 9.96. The zero-order valence-corrected chi connectivity index (χ0v) is 14.1. The topological polar surface area (TPSA) is 49.4 Å². The fraction of sp³-hybridized carbons (Fsp3) is 0.500. The average Bonchev–Trinajstić information content (AvgIpc) is 2.49. The number of hydrogen-bond acceptors (Lipinski definition) is 2. The Morgan fingerprint density at radius 3 is 2.54 bits per heavy atom. The van der Waals surface area contributed by atoms with Gasteiger partial charge in [-0.1, -0.05) is 17.7 Å². The third-order valence-electron chi connectivity index (χ3n) is 4.00. The van der Waals surface area contributed by atoms with E-state index < -0.39 is 23.9 Å². The minimum absolute atomic E-state index is 0.00639. The Hall–Kier alpha value is -1.76. The monoisotopic (exact) mass is 362 g/mol. The second-order valence-corrected chi connectivity index (χ2v) is 6.42. The van der Waals surface area contributed by atoms with Gasteiger partial charge in [0.15, 0.2) is 0 Å². The lowest BCUT2D eigenvalue weighted by Crippen LogP contribution is -2.48. The van der Waals surface area contributed by atoms with Crippen LogP contribution in [0.1, 0.15) is 24.0 Å². The van der Waals surface area contributed by atoms with Crippen LogP contribution in [0.15, 0.2) is 12.1 Å². The highest BCUT2D eigenvalue weighted by atomic mass is 35.5. The van der Waals surface area contributed by atoms with E-state index in [0.29, 0.717) is 28.5 Å². The molecular weight excluding hydrogens is 345 g/mol. The molecule has 1 saturated heterocycles. The van der Waals surface area contributed by atoms with Gasteiger partial charge in [-0.15, -0.1) is 0 Å². The van der Waals surface area contributed by atoms with Crippen LogP contribution in [-0.4, -0.2) is 36.0 Å². The number of benzene rings is 1. The maximum Gasteiger partial charge on any atom is 0.471 e.